The Labute approximate surface area is 74.2 Å². The molecule has 1 unspecified atom stereocenters. The summed E-state index contributed by atoms with van der Waals surface area (Å²) >= 11 is 0. The molecular weight excluding hydrogens is 172 g/mol. The minimum atomic E-state index is -0.988. The van der Waals surface area contributed by atoms with Gasteiger partial charge in [0.25, 0.3) is 0 Å². The zero-order chi connectivity index (χ0) is 9.84. The third-order valence-corrected chi connectivity index (χ3v) is 1.49. The van der Waals surface area contributed by atoms with Crippen LogP contribution in [0, 0.1) is 11.3 Å². The Hall–Kier alpha value is -2.03. The molecular formula is C7H8N4O2. The number of aromatic nitrogens is 2. The maximum atomic E-state index is 10.4. The van der Waals surface area contributed by atoms with E-state index in [-0.39, 0.29) is 0 Å². The minimum Gasteiger partial charge on any atom is -0.480 e. The maximum absolute atomic E-state index is 10.4. The van der Waals surface area contributed by atoms with Crippen LogP contribution in [0.25, 0.3) is 0 Å². The average Bonchev–Trinajstić information content (AvgIpc) is 2.51. The zero-order valence-corrected chi connectivity index (χ0v) is 6.90. The number of nitriles is 1. The molecule has 0 aliphatic rings. The fourth-order valence-electron chi connectivity index (χ4n) is 0.759. The molecule has 6 heteroatoms. The smallest absolute Gasteiger partial charge is 0.325 e. The summed E-state index contributed by atoms with van der Waals surface area (Å²) in [6.07, 6.45) is 1.33. The Morgan fingerprint density at radius 3 is 3.15 bits per heavy atom. The lowest BCUT2D eigenvalue weighted by atomic mass is 10.3. The van der Waals surface area contributed by atoms with Gasteiger partial charge in [0.1, 0.15) is 23.5 Å². The number of anilines is 1. The van der Waals surface area contributed by atoms with E-state index in [1.807, 2.05) is 6.07 Å². The number of H-pyrrole nitrogens is 1. The van der Waals surface area contributed by atoms with Gasteiger partial charge in [-0.25, -0.2) is 0 Å². The van der Waals surface area contributed by atoms with Gasteiger partial charge in [0.05, 0.1) is 6.20 Å². The third kappa shape index (κ3) is 1.96. The lowest BCUT2D eigenvalue weighted by Crippen LogP contribution is -2.25. The highest BCUT2D eigenvalue weighted by atomic mass is 16.4. The summed E-state index contributed by atoms with van der Waals surface area (Å²) in [4.78, 5) is 10.4. The first-order valence-corrected chi connectivity index (χ1v) is 3.58. The van der Waals surface area contributed by atoms with Crippen LogP contribution in [0.3, 0.4) is 0 Å². The van der Waals surface area contributed by atoms with Gasteiger partial charge < -0.3 is 10.4 Å². The number of nitrogens with one attached hydrogen (secondary N) is 2. The van der Waals surface area contributed by atoms with Crippen molar-refractivity contribution >= 4 is 11.8 Å². The Balaban J connectivity index is 2.75. The normalized spacial score (nSPS) is 11.7. The molecule has 0 aliphatic carbocycles. The SMILES string of the molecule is CC(Nc1[nH]ncc1C#N)C(=O)O. The van der Waals surface area contributed by atoms with Crippen LogP contribution in [0.2, 0.25) is 0 Å². The molecule has 1 heterocycles. The number of aromatic amines is 1. The lowest BCUT2D eigenvalue weighted by molar-refractivity contribution is -0.137. The highest BCUT2D eigenvalue weighted by molar-refractivity contribution is 5.76. The Morgan fingerprint density at radius 2 is 2.62 bits per heavy atom. The zero-order valence-electron chi connectivity index (χ0n) is 6.90. The molecule has 1 aromatic heterocycles. The van der Waals surface area contributed by atoms with Gasteiger partial charge in [-0.1, -0.05) is 0 Å². The number of carboxylic acids is 1. The van der Waals surface area contributed by atoms with Gasteiger partial charge in [0.2, 0.25) is 0 Å². The monoisotopic (exact) mass is 180 g/mol. The Bertz CT molecular complexity index is 352. The second-order valence-corrected chi connectivity index (χ2v) is 2.47. The van der Waals surface area contributed by atoms with Gasteiger partial charge >= 0.3 is 5.97 Å². The summed E-state index contributed by atoms with van der Waals surface area (Å²) in [5, 5.41) is 25.8. The number of carbonyl (C=O) groups is 1. The first-order valence-electron chi connectivity index (χ1n) is 3.58. The van der Waals surface area contributed by atoms with Crippen LogP contribution < -0.4 is 5.32 Å². The van der Waals surface area contributed by atoms with E-state index in [4.69, 9.17) is 10.4 Å². The molecule has 1 atom stereocenters. The van der Waals surface area contributed by atoms with E-state index in [9.17, 15) is 4.79 Å². The van der Waals surface area contributed by atoms with Gasteiger partial charge in [-0.15, -0.1) is 0 Å². The van der Waals surface area contributed by atoms with Crippen molar-refractivity contribution in [2.75, 3.05) is 5.32 Å². The van der Waals surface area contributed by atoms with Crippen molar-refractivity contribution in [3.05, 3.63) is 11.8 Å². The first-order chi connectivity index (χ1) is 6.15. The van der Waals surface area contributed by atoms with E-state index in [0.717, 1.165) is 0 Å². The van der Waals surface area contributed by atoms with Crippen LogP contribution in [-0.4, -0.2) is 27.3 Å². The number of rotatable bonds is 3. The van der Waals surface area contributed by atoms with Crippen LogP contribution in [0.4, 0.5) is 5.82 Å². The van der Waals surface area contributed by atoms with Crippen molar-refractivity contribution < 1.29 is 9.90 Å². The summed E-state index contributed by atoms with van der Waals surface area (Å²) < 4.78 is 0. The van der Waals surface area contributed by atoms with Gasteiger partial charge in [-0.05, 0) is 6.92 Å². The van der Waals surface area contributed by atoms with E-state index in [2.05, 4.69) is 15.5 Å². The molecule has 13 heavy (non-hydrogen) atoms. The molecule has 1 aromatic rings. The molecule has 0 amide bonds. The minimum absolute atomic E-state index is 0.299. The van der Waals surface area contributed by atoms with Crippen LogP contribution in [-0.2, 0) is 4.79 Å². The predicted molar refractivity (Wildman–Crippen MR) is 44.0 cm³/mol. The molecule has 0 saturated carbocycles. The molecule has 0 bridgehead atoms. The van der Waals surface area contributed by atoms with E-state index in [1.165, 1.54) is 13.1 Å². The number of hydrogen-bond donors (Lipinski definition) is 3. The van der Waals surface area contributed by atoms with Gasteiger partial charge in [-0.3, -0.25) is 9.89 Å². The molecule has 0 aliphatic heterocycles. The number of carboxylic acid groups (broad SMARTS) is 1. The Morgan fingerprint density at radius 1 is 1.92 bits per heavy atom. The summed E-state index contributed by atoms with van der Waals surface area (Å²) in [6, 6.07) is 1.11. The molecule has 0 saturated heterocycles. The summed E-state index contributed by atoms with van der Waals surface area (Å²) in [5.41, 5.74) is 0.299. The quantitative estimate of drug-likeness (QED) is 0.615. The van der Waals surface area contributed by atoms with Gasteiger partial charge in [0, 0.05) is 0 Å². The summed E-state index contributed by atoms with van der Waals surface area (Å²) in [6.45, 7) is 1.48. The van der Waals surface area contributed by atoms with Crippen LogP contribution >= 0.6 is 0 Å². The van der Waals surface area contributed by atoms with Crippen molar-refractivity contribution in [3.8, 4) is 6.07 Å². The second-order valence-electron chi connectivity index (χ2n) is 2.47. The third-order valence-electron chi connectivity index (χ3n) is 1.49. The average molecular weight is 180 g/mol. The molecule has 6 nitrogen and oxygen atoms in total. The van der Waals surface area contributed by atoms with E-state index in [1.54, 1.807) is 0 Å². The first kappa shape index (κ1) is 9.06. The predicted octanol–water partition coefficient (Wildman–Crippen LogP) is 0.166. The summed E-state index contributed by atoms with van der Waals surface area (Å²) in [5.74, 6) is -0.657. The second kappa shape index (κ2) is 3.58. The number of aliphatic carboxylic acids is 1. The molecule has 68 valence electrons. The van der Waals surface area contributed by atoms with Crippen molar-refractivity contribution in [3.63, 3.8) is 0 Å². The van der Waals surface area contributed by atoms with Crippen molar-refractivity contribution in [1.82, 2.24) is 10.2 Å². The lowest BCUT2D eigenvalue weighted by Gasteiger charge is -2.07. The largest absolute Gasteiger partial charge is 0.480 e. The molecule has 1 rings (SSSR count). The molecule has 0 radical (unpaired) electrons. The van der Waals surface area contributed by atoms with Crippen molar-refractivity contribution in [1.29, 1.82) is 5.26 Å². The van der Waals surface area contributed by atoms with Crippen molar-refractivity contribution in [2.24, 2.45) is 0 Å². The number of nitrogens with zero attached hydrogens (tertiary/aromatic N) is 2. The van der Waals surface area contributed by atoms with E-state index < -0.39 is 12.0 Å². The van der Waals surface area contributed by atoms with Crippen molar-refractivity contribution in [2.45, 2.75) is 13.0 Å². The molecule has 3 N–H and O–H groups in total. The molecule has 0 spiro atoms. The maximum Gasteiger partial charge on any atom is 0.325 e. The van der Waals surface area contributed by atoms with E-state index >= 15 is 0 Å². The Kier molecular flexibility index (Phi) is 2.50. The fourth-order valence-corrected chi connectivity index (χ4v) is 0.759. The van der Waals surface area contributed by atoms with Crippen LogP contribution in [0.15, 0.2) is 6.20 Å². The molecule has 0 aromatic carbocycles. The number of hydrogen-bond acceptors (Lipinski definition) is 4. The highest BCUT2D eigenvalue weighted by Crippen LogP contribution is 2.09. The van der Waals surface area contributed by atoms with Crippen LogP contribution in [0.1, 0.15) is 12.5 Å². The molecule has 0 fully saturated rings. The van der Waals surface area contributed by atoms with E-state index in [0.29, 0.717) is 11.4 Å². The van der Waals surface area contributed by atoms with Gasteiger partial charge in [0.15, 0.2) is 0 Å². The topological polar surface area (TPSA) is 102 Å². The summed E-state index contributed by atoms with van der Waals surface area (Å²) in [7, 11) is 0. The fraction of sp³-hybridized carbons (Fsp3) is 0.286. The van der Waals surface area contributed by atoms with Crippen LogP contribution in [0.5, 0.6) is 0 Å². The van der Waals surface area contributed by atoms with Gasteiger partial charge in [-0.2, -0.15) is 10.4 Å². The highest BCUT2D eigenvalue weighted by Gasteiger charge is 2.13. The standard InChI is InChI=1S/C7H8N4O2/c1-4(7(12)13)10-6-5(2-8)3-9-11-6/h3-4H,1H3,(H,12,13)(H2,9,10,11).